The Bertz CT molecular complexity index is 403. The molecule has 0 radical (unpaired) electrons. The Kier molecular flexibility index (Phi) is 6.63. The molecule has 1 rings (SSSR count). The highest BCUT2D eigenvalue weighted by Crippen LogP contribution is 2.21. The molecular weight excluding hydrogens is 309 g/mol. The molecule has 0 aromatic heterocycles. The van der Waals surface area contributed by atoms with Crippen molar-refractivity contribution in [3.8, 4) is 5.75 Å². The van der Waals surface area contributed by atoms with Crippen molar-refractivity contribution in [1.29, 1.82) is 0 Å². The maximum absolute atomic E-state index is 13.3. The van der Waals surface area contributed by atoms with Gasteiger partial charge in [-0.2, -0.15) is 0 Å². The molecule has 1 aromatic rings. The van der Waals surface area contributed by atoms with Crippen LogP contribution in [-0.4, -0.2) is 32.8 Å². The molecule has 0 heterocycles. The number of rotatable bonds is 7. The Morgan fingerprint density at radius 3 is 2.89 bits per heavy atom. The van der Waals surface area contributed by atoms with Crippen LogP contribution in [0.25, 0.3) is 0 Å². The second-order valence-corrected chi connectivity index (χ2v) is 4.15. The lowest BCUT2D eigenvalue weighted by atomic mass is 10.3. The summed E-state index contributed by atoms with van der Waals surface area (Å²) >= 11 is 3.12. The summed E-state index contributed by atoms with van der Waals surface area (Å²) in [6.07, 6.45) is 0. The molecular formula is C11H13BrFNO4. The zero-order chi connectivity index (χ0) is 13.4. The smallest absolute Gasteiger partial charge is 0.281 e. The number of methoxy groups -OCH3 is 1. The molecule has 0 saturated heterocycles. The molecule has 1 N–H and O–H groups in total. The number of nitrogens with one attached hydrogen (secondary N) is 1. The van der Waals surface area contributed by atoms with Gasteiger partial charge in [0.25, 0.3) is 5.91 Å². The molecule has 0 fully saturated rings. The van der Waals surface area contributed by atoms with Gasteiger partial charge in [0, 0.05) is 11.6 Å². The van der Waals surface area contributed by atoms with E-state index in [4.69, 9.17) is 14.3 Å². The van der Waals surface area contributed by atoms with Crippen LogP contribution in [0.4, 0.5) is 4.39 Å². The third-order valence-corrected chi connectivity index (χ3v) is 2.32. The summed E-state index contributed by atoms with van der Waals surface area (Å²) in [6.45, 7) is 0.267. The fourth-order valence-corrected chi connectivity index (χ4v) is 1.35. The van der Waals surface area contributed by atoms with Crippen molar-refractivity contribution >= 4 is 21.8 Å². The van der Waals surface area contributed by atoms with Gasteiger partial charge in [-0.1, -0.05) is 15.9 Å². The standard InChI is InChI=1S/C11H13BrFNO4/c1-16-4-5-18-14-11(15)7-17-10-3-2-8(12)6-9(10)13/h2-3,6H,4-5,7H2,1H3,(H,14,15). The molecule has 0 atom stereocenters. The maximum atomic E-state index is 13.3. The molecule has 7 heteroatoms. The van der Waals surface area contributed by atoms with E-state index in [0.717, 1.165) is 0 Å². The van der Waals surface area contributed by atoms with E-state index >= 15 is 0 Å². The lowest BCUT2D eigenvalue weighted by Crippen LogP contribution is -2.30. The van der Waals surface area contributed by atoms with Crippen LogP contribution >= 0.6 is 15.9 Å². The lowest BCUT2D eigenvalue weighted by Gasteiger charge is -2.08. The van der Waals surface area contributed by atoms with Crippen LogP contribution in [0.3, 0.4) is 0 Å². The summed E-state index contributed by atoms with van der Waals surface area (Å²) in [6, 6.07) is 4.30. The van der Waals surface area contributed by atoms with E-state index < -0.39 is 11.7 Å². The Morgan fingerprint density at radius 2 is 2.22 bits per heavy atom. The molecule has 0 saturated carbocycles. The van der Waals surface area contributed by atoms with Crippen molar-refractivity contribution < 1.29 is 23.5 Å². The predicted octanol–water partition coefficient (Wildman–Crippen LogP) is 1.66. The van der Waals surface area contributed by atoms with Gasteiger partial charge in [0.2, 0.25) is 0 Å². The Labute approximate surface area is 112 Å². The van der Waals surface area contributed by atoms with Crippen LogP contribution in [0.2, 0.25) is 0 Å². The minimum atomic E-state index is -0.544. The Hall–Kier alpha value is -1.18. The normalized spacial score (nSPS) is 10.2. The molecule has 0 aliphatic carbocycles. The van der Waals surface area contributed by atoms with Gasteiger partial charge in [-0.05, 0) is 18.2 Å². The zero-order valence-electron chi connectivity index (χ0n) is 9.74. The topological polar surface area (TPSA) is 56.8 Å². The minimum absolute atomic E-state index is 0.00485. The molecule has 0 unspecified atom stereocenters. The summed E-state index contributed by atoms with van der Waals surface area (Å²) in [7, 11) is 1.52. The van der Waals surface area contributed by atoms with Crippen LogP contribution in [0.1, 0.15) is 0 Å². The molecule has 0 aliphatic rings. The molecule has 5 nitrogen and oxygen atoms in total. The first kappa shape index (κ1) is 14.9. The fraction of sp³-hybridized carbons (Fsp3) is 0.364. The van der Waals surface area contributed by atoms with Crippen LogP contribution in [-0.2, 0) is 14.4 Å². The second kappa shape index (κ2) is 8.02. The van der Waals surface area contributed by atoms with Crippen molar-refractivity contribution in [3.05, 3.63) is 28.5 Å². The van der Waals surface area contributed by atoms with Crippen LogP contribution in [0.15, 0.2) is 22.7 Å². The molecule has 0 bridgehead atoms. The fourth-order valence-electron chi connectivity index (χ4n) is 1.02. The number of benzene rings is 1. The molecule has 1 amide bonds. The van der Waals surface area contributed by atoms with E-state index in [2.05, 4.69) is 21.4 Å². The zero-order valence-corrected chi connectivity index (χ0v) is 11.3. The first-order valence-corrected chi connectivity index (χ1v) is 5.90. The van der Waals surface area contributed by atoms with Crippen molar-refractivity contribution in [2.45, 2.75) is 0 Å². The average molecular weight is 322 g/mol. The van der Waals surface area contributed by atoms with Gasteiger partial charge in [0.05, 0.1) is 13.2 Å². The third-order valence-electron chi connectivity index (χ3n) is 1.83. The molecule has 100 valence electrons. The molecule has 1 aromatic carbocycles. The van der Waals surface area contributed by atoms with E-state index in [0.29, 0.717) is 11.1 Å². The van der Waals surface area contributed by atoms with Gasteiger partial charge in [-0.15, -0.1) is 0 Å². The van der Waals surface area contributed by atoms with Gasteiger partial charge in [-0.3, -0.25) is 9.63 Å². The Morgan fingerprint density at radius 1 is 1.44 bits per heavy atom. The predicted molar refractivity (Wildman–Crippen MR) is 65.6 cm³/mol. The average Bonchev–Trinajstić information content (AvgIpc) is 2.33. The number of hydrogen-bond donors (Lipinski definition) is 1. The maximum Gasteiger partial charge on any atom is 0.281 e. The van der Waals surface area contributed by atoms with Crippen molar-refractivity contribution in [1.82, 2.24) is 5.48 Å². The monoisotopic (exact) mass is 321 g/mol. The largest absolute Gasteiger partial charge is 0.481 e. The number of halogens is 2. The van der Waals surface area contributed by atoms with E-state index in [9.17, 15) is 9.18 Å². The quantitative estimate of drug-likeness (QED) is 0.613. The van der Waals surface area contributed by atoms with Crippen LogP contribution in [0, 0.1) is 5.82 Å². The third kappa shape index (κ3) is 5.44. The van der Waals surface area contributed by atoms with E-state index in [-0.39, 0.29) is 19.0 Å². The van der Waals surface area contributed by atoms with Crippen LogP contribution in [0.5, 0.6) is 5.75 Å². The summed E-state index contributed by atoms with van der Waals surface area (Å²) in [5.74, 6) is -1.05. The van der Waals surface area contributed by atoms with Crippen molar-refractivity contribution in [2.75, 3.05) is 26.9 Å². The highest BCUT2D eigenvalue weighted by molar-refractivity contribution is 9.10. The lowest BCUT2D eigenvalue weighted by molar-refractivity contribution is -0.136. The first-order chi connectivity index (χ1) is 8.63. The van der Waals surface area contributed by atoms with Crippen molar-refractivity contribution in [2.24, 2.45) is 0 Å². The van der Waals surface area contributed by atoms with Gasteiger partial charge in [0.15, 0.2) is 18.2 Å². The molecule has 0 aliphatic heterocycles. The summed E-state index contributed by atoms with van der Waals surface area (Å²) in [5, 5.41) is 0. The van der Waals surface area contributed by atoms with E-state index in [1.165, 1.54) is 19.2 Å². The van der Waals surface area contributed by atoms with Crippen LogP contribution < -0.4 is 10.2 Å². The summed E-state index contributed by atoms with van der Waals surface area (Å²) in [4.78, 5) is 16.0. The highest BCUT2D eigenvalue weighted by atomic mass is 79.9. The van der Waals surface area contributed by atoms with Crippen molar-refractivity contribution in [3.63, 3.8) is 0 Å². The van der Waals surface area contributed by atoms with Gasteiger partial charge >= 0.3 is 0 Å². The number of ether oxygens (including phenoxy) is 2. The summed E-state index contributed by atoms with van der Waals surface area (Å²) < 4.78 is 23.6. The van der Waals surface area contributed by atoms with E-state index in [1.54, 1.807) is 6.07 Å². The Balaban J connectivity index is 2.29. The first-order valence-electron chi connectivity index (χ1n) is 5.11. The number of hydroxylamine groups is 1. The molecule has 18 heavy (non-hydrogen) atoms. The van der Waals surface area contributed by atoms with Gasteiger partial charge < -0.3 is 9.47 Å². The molecule has 0 spiro atoms. The highest BCUT2D eigenvalue weighted by Gasteiger charge is 2.07. The second-order valence-electron chi connectivity index (χ2n) is 3.23. The minimum Gasteiger partial charge on any atom is -0.481 e. The SMILES string of the molecule is COCCONC(=O)COc1ccc(Br)cc1F. The van der Waals surface area contributed by atoms with Gasteiger partial charge in [0.1, 0.15) is 0 Å². The number of amides is 1. The summed E-state index contributed by atoms with van der Waals surface area (Å²) in [5.41, 5.74) is 2.14. The number of carbonyl (C=O) groups excluding carboxylic acids is 1. The van der Waals surface area contributed by atoms with Gasteiger partial charge in [-0.25, -0.2) is 9.87 Å². The van der Waals surface area contributed by atoms with E-state index in [1.807, 2.05) is 0 Å². The number of carbonyl (C=O) groups is 1. The number of hydrogen-bond acceptors (Lipinski definition) is 4.